The molecule has 0 saturated carbocycles. The third kappa shape index (κ3) is 4.38. The summed E-state index contributed by atoms with van der Waals surface area (Å²) >= 11 is 0. The molecule has 0 aliphatic heterocycles. The van der Waals surface area contributed by atoms with Crippen LogP contribution in [0.2, 0.25) is 0 Å². The highest BCUT2D eigenvalue weighted by Gasteiger charge is 2.07. The fraction of sp³-hybridized carbons (Fsp3) is 0.0870. The van der Waals surface area contributed by atoms with Gasteiger partial charge in [-0.3, -0.25) is 0 Å². The van der Waals surface area contributed by atoms with E-state index in [1.165, 1.54) is 0 Å². The standard InChI is InChI=1S/C23H20N3O2S/c1-17-10-12-21(13-11-17)29(27,28)26-23-9-5-3-7-19(23)15-24-20-14-18-6-2-4-8-22(18)25-16-20/h2-14,16,24H,15H2,1H3/q-1/p+1. The average molecular weight is 404 g/mol. The Kier molecular flexibility index (Phi) is 5.18. The molecule has 4 aromatic rings. The van der Waals surface area contributed by atoms with Crippen molar-refractivity contribution in [1.29, 1.82) is 0 Å². The zero-order valence-corrected chi connectivity index (χ0v) is 16.8. The summed E-state index contributed by atoms with van der Waals surface area (Å²) < 4.78 is 29.5. The van der Waals surface area contributed by atoms with E-state index in [0.29, 0.717) is 12.2 Å². The predicted octanol–water partition coefficient (Wildman–Crippen LogP) is 4.97. The summed E-state index contributed by atoms with van der Waals surface area (Å²) in [6, 6.07) is 24.0. The zero-order chi connectivity index (χ0) is 20.3. The van der Waals surface area contributed by atoms with E-state index < -0.39 is 10.0 Å². The molecule has 1 heterocycles. The number of para-hydroxylation sites is 1. The maximum absolute atomic E-state index is 12.7. The van der Waals surface area contributed by atoms with Crippen LogP contribution < -0.4 is 10.3 Å². The van der Waals surface area contributed by atoms with Crippen molar-refractivity contribution in [3.63, 3.8) is 0 Å². The van der Waals surface area contributed by atoms with E-state index in [0.717, 1.165) is 27.7 Å². The van der Waals surface area contributed by atoms with Crippen molar-refractivity contribution in [3.8, 4) is 0 Å². The first-order valence-corrected chi connectivity index (χ1v) is 10.7. The van der Waals surface area contributed by atoms with Gasteiger partial charge in [-0.2, -0.15) is 0 Å². The van der Waals surface area contributed by atoms with E-state index in [2.05, 4.69) is 21.1 Å². The van der Waals surface area contributed by atoms with E-state index in [4.69, 9.17) is 0 Å². The molecular formula is C23H21N3O2S. The van der Waals surface area contributed by atoms with Gasteiger partial charge in [-0.05, 0) is 36.8 Å². The number of rotatable bonds is 6. The minimum atomic E-state index is -3.77. The third-order valence-corrected chi connectivity index (χ3v) is 5.97. The van der Waals surface area contributed by atoms with Crippen LogP contribution in [-0.2, 0) is 16.6 Å². The minimum Gasteiger partial charge on any atom is -0.572 e. The van der Waals surface area contributed by atoms with Gasteiger partial charge in [0.15, 0.2) is 6.20 Å². The van der Waals surface area contributed by atoms with Crippen LogP contribution in [0.3, 0.4) is 0 Å². The van der Waals surface area contributed by atoms with E-state index in [1.54, 1.807) is 36.4 Å². The number of aromatic amines is 1. The molecule has 0 unspecified atom stereocenters. The Balaban J connectivity index is 1.54. The lowest BCUT2D eigenvalue weighted by atomic mass is 10.1. The highest BCUT2D eigenvalue weighted by atomic mass is 32.2. The number of sulfonamides is 1. The minimum absolute atomic E-state index is 0.190. The lowest BCUT2D eigenvalue weighted by molar-refractivity contribution is -0.343. The summed E-state index contributed by atoms with van der Waals surface area (Å²) in [4.78, 5) is 3.44. The second-order valence-electron chi connectivity index (χ2n) is 6.84. The molecule has 4 rings (SSSR count). The number of hydrogen-bond donors (Lipinski definition) is 1. The number of nitrogens with zero attached hydrogens (tertiary/aromatic N) is 1. The van der Waals surface area contributed by atoms with Gasteiger partial charge in [-0.1, -0.05) is 54.1 Å². The fourth-order valence-corrected chi connectivity index (χ4v) is 4.08. The van der Waals surface area contributed by atoms with Crippen LogP contribution in [0.1, 0.15) is 11.1 Å². The Morgan fingerprint density at radius 2 is 1.66 bits per heavy atom. The number of hydrogen-bond acceptors (Lipinski definition) is 3. The van der Waals surface area contributed by atoms with Gasteiger partial charge >= 0.3 is 0 Å². The van der Waals surface area contributed by atoms with Gasteiger partial charge in [-0.15, -0.1) is 5.69 Å². The number of benzene rings is 3. The van der Waals surface area contributed by atoms with Crippen molar-refractivity contribution in [3.05, 3.63) is 101 Å². The SMILES string of the molecule is Cc1ccc(S(=O)(=O)[N-]c2ccccc2CNc2c[nH+]c3ccccc3c2)cc1. The van der Waals surface area contributed by atoms with Crippen molar-refractivity contribution < 1.29 is 13.4 Å². The summed E-state index contributed by atoms with van der Waals surface area (Å²) in [6.45, 7) is 2.37. The molecule has 0 spiro atoms. The first kappa shape index (κ1) is 19.0. The number of pyridine rings is 1. The summed E-state index contributed by atoms with van der Waals surface area (Å²) in [5.41, 5.74) is 4.21. The van der Waals surface area contributed by atoms with Crippen LogP contribution in [0.15, 0.2) is 90.0 Å². The number of anilines is 1. The topological polar surface area (TPSA) is 74.4 Å². The molecule has 0 atom stereocenters. The smallest absolute Gasteiger partial charge is 0.210 e. The molecule has 3 aromatic carbocycles. The van der Waals surface area contributed by atoms with Gasteiger partial charge in [0.1, 0.15) is 10.0 Å². The highest BCUT2D eigenvalue weighted by molar-refractivity contribution is 7.94. The Hall–Kier alpha value is -3.38. The molecule has 0 fully saturated rings. The number of aromatic nitrogens is 1. The Labute approximate surface area is 170 Å². The first-order chi connectivity index (χ1) is 14.0. The maximum Gasteiger partial charge on any atom is 0.210 e. The van der Waals surface area contributed by atoms with Crippen LogP contribution >= 0.6 is 0 Å². The molecule has 0 saturated heterocycles. The molecule has 0 bridgehead atoms. The van der Waals surface area contributed by atoms with Gasteiger partial charge in [0, 0.05) is 18.0 Å². The Morgan fingerprint density at radius 1 is 0.931 bits per heavy atom. The number of H-pyrrole nitrogens is 1. The van der Waals surface area contributed by atoms with Gasteiger partial charge < -0.3 is 10.0 Å². The number of fused-ring (bicyclic) bond motifs is 1. The largest absolute Gasteiger partial charge is 0.572 e. The van der Waals surface area contributed by atoms with Crippen molar-refractivity contribution >= 4 is 32.3 Å². The molecular weight excluding hydrogens is 382 g/mol. The molecule has 0 aliphatic rings. The summed E-state index contributed by atoms with van der Waals surface area (Å²) in [5, 5.41) is 4.44. The summed E-state index contributed by atoms with van der Waals surface area (Å²) in [7, 11) is -3.77. The second kappa shape index (κ2) is 7.93. The first-order valence-electron chi connectivity index (χ1n) is 9.28. The Morgan fingerprint density at radius 3 is 2.48 bits per heavy atom. The molecule has 0 radical (unpaired) electrons. The van der Waals surface area contributed by atoms with Gasteiger partial charge in [-0.25, -0.2) is 13.4 Å². The van der Waals surface area contributed by atoms with Crippen molar-refractivity contribution in [1.82, 2.24) is 0 Å². The lowest BCUT2D eigenvalue weighted by Gasteiger charge is -2.25. The third-order valence-electron chi connectivity index (χ3n) is 4.67. The van der Waals surface area contributed by atoms with E-state index in [-0.39, 0.29) is 4.90 Å². The number of aryl methyl sites for hydroxylation is 1. The molecule has 6 heteroatoms. The molecule has 146 valence electrons. The van der Waals surface area contributed by atoms with Crippen molar-refractivity contribution in [2.24, 2.45) is 0 Å². The maximum atomic E-state index is 12.7. The molecule has 2 N–H and O–H groups in total. The monoisotopic (exact) mass is 403 g/mol. The van der Waals surface area contributed by atoms with Crippen molar-refractivity contribution in [2.75, 3.05) is 5.32 Å². The van der Waals surface area contributed by atoms with Gasteiger partial charge in [0.25, 0.3) is 0 Å². The van der Waals surface area contributed by atoms with Gasteiger partial charge in [0.05, 0.1) is 10.6 Å². The van der Waals surface area contributed by atoms with E-state index in [9.17, 15) is 8.42 Å². The van der Waals surface area contributed by atoms with Crippen LogP contribution in [0.25, 0.3) is 15.6 Å². The molecule has 0 amide bonds. The molecule has 5 nitrogen and oxygen atoms in total. The normalized spacial score (nSPS) is 11.3. The summed E-state index contributed by atoms with van der Waals surface area (Å²) in [5.74, 6) is 0. The zero-order valence-electron chi connectivity index (χ0n) is 16.0. The molecule has 29 heavy (non-hydrogen) atoms. The van der Waals surface area contributed by atoms with Crippen LogP contribution in [0.4, 0.5) is 11.4 Å². The predicted molar refractivity (Wildman–Crippen MR) is 116 cm³/mol. The van der Waals surface area contributed by atoms with Crippen LogP contribution in [0.5, 0.6) is 0 Å². The molecule has 1 aromatic heterocycles. The van der Waals surface area contributed by atoms with E-state index in [1.807, 2.05) is 49.5 Å². The highest BCUT2D eigenvalue weighted by Crippen LogP contribution is 2.31. The average Bonchev–Trinajstić information content (AvgIpc) is 2.73. The fourth-order valence-electron chi connectivity index (χ4n) is 3.06. The molecule has 0 aliphatic carbocycles. The lowest BCUT2D eigenvalue weighted by Crippen LogP contribution is -2.07. The Bertz CT molecular complexity index is 1250. The number of nitrogens with one attached hydrogen (secondary N) is 2. The summed E-state index contributed by atoms with van der Waals surface area (Å²) in [6.07, 6.45) is 1.89. The quantitative estimate of drug-likeness (QED) is 0.494. The second-order valence-corrected chi connectivity index (χ2v) is 8.44. The van der Waals surface area contributed by atoms with Crippen molar-refractivity contribution in [2.45, 2.75) is 18.4 Å². The van der Waals surface area contributed by atoms with E-state index >= 15 is 0 Å². The van der Waals surface area contributed by atoms with Gasteiger partial charge in [0.2, 0.25) is 5.52 Å². The van der Waals surface area contributed by atoms with Crippen LogP contribution in [0, 0.1) is 6.92 Å². The van der Waals surface area contributed by atoms with Crippen LogP contribution in [-0.4, -0.2) is 8.42 Å².